The summed E-state index contributed by atoms with van der Waals surface area (Å²) in [5.74, 6) is 1.51. The summed E-state index contributed by atoms with van der Waals surface area (Å²) in [4.78, 5) is 21.1. The summed E-state index contributed by atoms with van der Waals surface area (Å²) in [6, 6.07) is 11.4. The average molecular weight is 341 g/mol. The molecule has 0 radical (unpaired) electrons. The maximum atomic E-state index is 11.9. The van der Waals surface area contributed by atoms with Crippen LogP contribution < -0.4 is 5.32 Å². The zero-order valence-electron chi connectivity index (χ0n) is 13.5. The van der Waals surface area contributed by atoms with Gasteiger partial charge in [0, 0.05) is 11.9 Å². The summed E-state index contributed by atoms with van der Waals surface area (Å²) in [5, 5.41) is 4.66. The first kappa shape index (κ1) is 16.5. The van der Waals surface area contributed by atoms with Crippen LogP contribution in [0.2, 0.25) is 0 Å². The first-order valence-electron chi connectivity index (χ1n) is 7.98. The number of nitrogens with zero attached hydrogens (tertiary/aromatic N) is 2. The molecule has 0 aliphatic heterocycles. The number of rotatable bonds is 7. The molecule has 2 heterocycles. The van der Waals surface area contributed by atoms with Gasteiger partial charge in [0.05, 0.1) is 17.5 Å². The minimum Gasteiger partial charge on any atom is -0.461 e. The molecule has 0 saturated carbocycles. The molecular weight excluding hydrogens is 322 g/mol. The van der Waals surface area contributed by atoms with Crippen molar-refractivity contribution >= 4 is 28.6 Å². The molecular formula is C18H19N3O2S. The number of nitrogens with one attached hydrogen (secondary N) is 1. The van der Waals surface area contributed by atoms with Gasteiger partial charge in [-0.05, 0) is 24.6 Å². The number of fused-ring (bicyclic) bond motifs is 1. The molecule has 0 spiro atoms. The number of aromatic nitrogens is 2. The molecule has 3 rings (SSSR count). The van der Waals surface area contributed by atoms with Crippen LogP contribution in [0.4, 0.5) is 0 Å². The molecule has 1 amide bonds. The fourth-order valence-corrected chi connectivity index (χ4v) is 3.11. The number of unbranched alkanes of at least 4 members (excludes halogenated alkanes) is 1. The Hall–Kier alpha value is -2.34. The predicted octanol–water partition coefficient (Wildman–Crippen LogP) is 3.90. The summed E-state index contributed by atoms with van der Waals surface area (Å²) in [7, 11) is 0. The number of para-hydroxylation sites is 1. The Bertz CT molecular complexity index is 818. The second-order valence-electron chi connectivity index (χ2n) is 5.34. The van der Waals surface area contributed by atoms with E-state index in [9.17, 15) is 4.79 Å². The molecule has 0 aliphatic rings. The van der Waals surface area contributed by atoms with Crippen molar-refractivity contribution in [3.8, 4) is 11.6 Å². The Balaban J connectivity index is 1.82. The highest BCUT2D eigenvalue weighted by molar-refractivity contribution is 8.00. The van der Waals surface area contributed by atoms with Gasteiger partial charge in [-0.15, -0.1) is 0 Å². The molecule has 0 atom stereocenters. The predicted molar refractivity (Wildman–Crippen MR) is 95.9 cm³/mol. The van der Waals surface area contributed by atoms with E-state index in [1.807, 2.05) is 36.4 Å². The smallest absolute Gasteiger partial charge is 0.230 e. The van der Waals surface area contributed by atoms with Crippen molar-refractivity contribution in [2.24, 2.45) is 0 Å². The third-order valence-electron chi connectivity index (χ3n) is 3.50. The molecule has 5 nitrogen and oxygen atoms in total. The molecule has 2 aromatic heterocycles. The number of thioether (sulfide) groups is 1. The van der Waals surface area contributed by atoms with Gasteiger partial charge in [0.25, 0.3) is 0 Å². The normalized spacial score (nSPS) is 10.9. The standard InChI is InChI=1S/C18H19N3O2S/c1-2-3-10-19-16(22)12-24-18-13-7-4-5-8-14(13)20-17(21-18)15-9-6-11-23-15/h4-9,11H,2-3,10,12H2,1H3,(H,19,22). The summed E-state index contributed by atoms with van der Waals surface area (Å²) < 4.78 is 5.40. The van der Waals surface area contributed by atoms with Gasteiger partial charge >= 0.3 is 0 Å². The molecule has 1 N–H and O–H groups in total. The molecule has 0 aliphatic carbocycles. The number of benzene rings is 1. The van der Waals surface area contributed by atoms with Crippen molar-refractivity contribution in [1.29, 1.82) is 0 Å². The van der Waals surface area contributed by atoms with E-state index in [1.165, 1.54) is 11.8 Å². The van der Waals surface area contributed by atoms with E-state index in [0.717, 1.165) is 35.3 Å². The van der Waals surface area contributed by atoms with Gasteiger partial charge in [0.15, 0.2) is 11.6 Å². The summed E-state index contributed by atoms with van der Waals surface area (Å²) in [6.45, 7) is 2.82. The van der Waals surface area contributed by atoms with Crippen molar-refractivity contribution in [2.45, 2.75) is 24.8 Å². The maximum Gasteiger partial charge on any atom is 0.230 e. The molecule has 124 valence electrons. The largest absolute Gasteiger partial charge is 0.461 e. The third-order valence-corrected chi connectivity index (χ3v) is 4.49. The van der Waals surface area contributed by atoms with Gasteiger partial charge in [-0.25, -0.2) is 9.97 Å². The van der Waals surface area contributed by atoms with Gasteiger partial charge in [0.2, 0.25) is 5.91 Å². The lowest BCUT2D eigenvalue weighted by atomic mass is 10.2. The first-order valence-corrected chi connectivity index (χ1v) is 8.96. The molecule has 6 heteroatoms. The highest BCUT2D eigenvalue weighted by atomic mass is 32.2. The van der Waals surface area contributed by atoms with Crippen LogP contribution in [0.15, 0.2) is 52.1 Å². The minimum absolute atomic E-state index is 0.0238. The second kappa shape index (κ2) is 7.97. The zero-order valence-corrected chi connectivity index (χ0v) is 14.3. The van der Waals surface area contributed by atoms with Crippen LogP contribution in [-0.2, 0) is 4.79 Å². The van der Waals surface area contributed by atoms with Crippen molar-refractivity contribution in [2.75, 3.05) is 12.3 Å². The fraction of sp³-hybridized carbons (Fsp3) is 0.278. The molecule has 0 unspecified atom stereocenters. The Labute approximate surface area is 144 Å². The third kappa shape index (κ3) is 3.94. The van der Waals surface area contributed by atoms with E-state index in [-0.39, 0.29) is 5.91 Å². The van der Waals surface area contributed by atoms with Gasteiger partial charge in [-0.1, -0.05) is 43.3 Å². The minimum atomic E-state index is 0.0238. The fourth-order valence-electron chi connectivity index (χ4n) is 2.26. The van der Waals surface area contributed by atoms with Crippen molar-refractivity contribution in [3.05, 3.63) is 42.7 Å². The van der Waals surface area contributed by atoms with Gasteiger partial charge < -0.3 is 9.73 Å². The van der Waals surface area contributed by atoms with Crippen LogP contribution in [0.1, 0.15) is 19.8 Å². The van der Waals surface area contributed by atoms with Crippen LogP contribution >= 0.6 is 11.8 Å². The number of hydrogen-bond donors (Lipinski definition) is 1. The van der Waals surface area contributed by atoms with E-state index in [2.05, 4.69) is 22.2 Å². The molecule has 0 bridgehead atoms. The molecule has 24 heavy (non-hydrogen) atoms. The molecule has 3 aromatic rings. The first-order chi connectivity index (χ1) is 11.8. The van der Waals surface area contributed by atoms with Crippen molar-refractivity contribution in [3.63, 3.8) is 0 Å². The maximum absolute atomic E-state index is 11.9. The number of furan rings is 1. The summed E-state index contributed by atoms with van der Waals surface area (Å²) in [5.41, 5.74) is 0.841. The van der Waals surface area contributed by atoms with Crippen LogP contribution in [0, 0.1) is 0 Å². The Kier molecular flexibility index (Phi) is 5.48. The van der Waals surface area contributed by atoms with Gasteiger partial charge in [-0.3, -0.25) is 4.79 Å². The van der Waals surface area contributed by atoms with Crippen LogP contribution in [0.3, 0.4) is 0 Å². The number of carbonyl (C=O) groups is 1. The van der Waals surface area contributed by atoms with Crippen LogP contribution in [0.5, 0.6) is 0 Å². The summed E-state index contributed by atoms with van der Waals surface area (Å²) in [6.07, 6.45) is 3.66. The van der Waals surface area contributed by atoms with E-state index in [4.69, 9.17) is 4.42 Å². The monoisotopic (exact) mass is 341 g/mol. The number of amides is 1. The van der Waals surface area contributed by atoms with E-state index in [0.29, 0.717) is 17.3 Å². The molecule has 1 aromatic carbocycles. The topological polar surface area (TPSA) is 68.0 Å². The molecule has 0 saturated heterocycles. The quantitative estimate of drug-likeness (QED) is 0.401. The SMILES string of the molecule is CCCCNC(=O)CSc1nc(-c2ccco2)nc2ccccc12. The Morgan fingerprint density at radius 3 is 2.88 bits per heavy atom. The Morgan fingerprint density at radius 1 is 1.21 bits per heavy atom. The van der Waals surface area contributed by atoms with Gasteiger partial charge in [0.1, 0.15) is 5.03 Å². The lowest BCUT2D eigenvalue weighted by Crippen LogP contribution is -2.26. The lowest BCUT2D eigenvalue weighted by molar-refractivity contribution is -0.118. The van der Waals surface area contributed by atoms with E-state index in [1.54, 1.807) is 6.26 Å². The lowest BCUT2D eigenvalue weighted by Gasteiger charge is -2.08. The van der Waals surface area contributed by atoms with Crippen LogP contribution in [0.25, 0.3) is 22.5 Å². The van der Waals surface area contributed by atoms with Crippen molar-refractivity contribution in [1.82, 2.24) is 15.3 Å². The number of carbonyl (C=O) groups excluding carboxylic acids is 1. The average Bonchev–Trinajstić information content (AvgIpc) is 3.14. The highest BCUT2D eigenvalue weighted by Crippen LogP contribution is 2.28. The molecule has 0 fully saturated rings. The van der Waals surface area contributed by atoms with Crippen molar-refractivity contribution < 1.29 is 9.21 Å². The zero-order chi connectivity index (χ0) is 16.8. The van der Waals surface area contributed by atoms with Gasteiger partial charge in [-0.2, -0.15) is 0 Å². The van der Waals surface area contributed by atoms with E-state index < -0.39 is 0 Å². The number of hydrogen-bond acceptors (Lipinski definition) is 5. The Morgan fingerprint density at radius 2 is 2.08 bits per heavy atom. The second-order valence-corrected chi connectivity index (χ2v) is 6.30. The van der Waals surface area contributed by atoms with Crippen LogP contribution in [-0.4, -0.2) is 28.2 Å². The highest BCUT2D eigenvalue weighted by Gasteiger charge is 2.12. The summed E-state index contributed by atoms with van der Waals surface area (Å²) >= 11 is 1.42. The van der Waals surface area contributed by atoms with E-state index >= 15 is 0 Å².